The molecule has 3 rings (SSSR count). The van der Waals surface area contributed by atoms with E-state index < -0.39 is 0 Å². The molecule has 2 saturated heterocycles. The molecular weight excluding hydrogens is 262 g/mol. The van der Waals surface area contributed by atoms with Gasteiger partial charge >= 0.3 is 0 Å². The van der Waals surface area contributed by atoms with E-state index in [9.17, 15) is 4.79 Å². The van der Waals surface area contributed by atoms with Crippen molar-refractivity contribution in [1.82, 2.24) is 9.88 Å². The fourth-order valence-electron chi connectivity index (χ4n) is 3.34. The second-order valence-electron chi connectivity index (χ2n) is 6.62. The molecule has 0 bridgehead atoms. The number of likely N-dealkylation sites (tertiary alicyclic amines) is 1. The highest BCUT2D eigenvalue weighted by atomic mass is 16.2. The van der Waals surface area contributed by atoms with Crippen molar-refractivity contribution in [3.05, 3.63) is 23.9 Å². The van der Waals surface area contributed by atoms with Crippen LogP contribution in [0.5, 0.6) is 0 Å². The lowest BCUT2D eigenvalue weighted by molar-refractivity contribution is 0.0787. The van der Waals surface area contributed by atoms with E-state index in [4.69, 9.17) is 0 Å². The number of carbonyl (C=O) groups is 1. The van der Waals surface area contributed by atoms with Gasteiger partial charge in [0.25, 0.3) is 5.91 Å². The summed E-state index contributed by atoms with van der Waals surface area (Å²) in [5.74, 6) is 2.51. The molecule has 0 aromatic carbocycles. The standard InChI is InChI=1S/C17H25N3O/c1-13(2)14-8-11-20(12-14)16-7-5-6-15(18-16)17(21)19-9-3-4-10-19/h5-7,13-14H,3-4,8-12H2,1-2H3. The lowest BCUT2D eigenvalue weighted by Crippen LogP contribution is -2.29. The number of aromatic nitrogens is 1. The Morgan fingerprint density at radius 1 is 1.24 bits per heavy atom. The van der Waals surface area contributed by atoms with Gasteiger partial charge in [0.15, 0.2) is 0 Å². The van der Waals surface area contributed by atoms with Crippen LogP contribution in [0.1, 0.15) is 43.6 Å². The van der Waals surface area contributed by atoms with Gasteiger partial charge in [-0.1, -0.05) is 19.9 Å². The molecule has 0 aliphatic carbocycles. The van der Waals surface area contributed by atoms with Crippen molar-refractivity contribution >= 4 is 11.7 Å². The van der Waals surface area contributed by atoms with Crippen molar-refractivity contribution in [3.63, 3.8) is 0 Å². The average molecular weight is 287 g/mol. The third-order valence-corrected chi connectivity index (χ3v) is 4.84. The summed E-state index contributed by atoms with van der Waals surface area (Å²) in [5, 5.41) is 0. The molecule has 114 valence electrons. The minimum Gasteiger partial charge on any atom is -0.356 e. The van der Waals surface area contributed by atoms with Gasteiger partial charge in [0.05, 0.1) is 0 Å². The third-order valence-electron chi connectivity index (χ3n) is 4.84. The van der Waals surface area contributed by atoms with Gasteiger partial charge in [-0.05, 0) is 43.2 Å². The van der Waals surface area contributed by atoms with E-state index in [1.807, 2.05) is 23.1 Å². The summed E-state index contributed by atoms with van der Waals surface area (Å²) in [7, 11) is 0. The molecule has 2 fully saturated rings. The maximum atomic E-state index is 12.4. The molecule has 21 heavy (non-hydrogen) atoms. The van der Waals surface area contributed by atoms with Crippen LogP contribution in [0.2, 0.25) is 0 Å². The number of rotatable bonds is 3. The molecule has 1 atom stereocenters. The van der Waals surface area contributed by atoms with E-state index in [0.717, 1.165) is 50.8 Å². The fraction of sp³-hybridized carbons (Fsp3) is 0.647. The highest BCUT2D eigenvalue weighted by Crippen LogP contribution is 2.27. The van der Waals surface area contributed by atoms with Gasteiger partial charge in [0, 0.05) is 26.2 Å². The Bertz CT molecular complexity index is 509. The first-order valence-corrected chi connectivity index (χ1v) is 8.16. The molecule has 0 radical (unpaired) electrons. The van der Waals surface area contributed by atoms with Gasteiger partial charge in [0.2, 0.25) is 0 Å². The van der Waals surface area contributed by atoms with Gasteiger partial charge in [-0.2, -0.15) is 0 Å². The molecule has 3 heterocycles. The first-order valence-electron chi connectivity index (χ1n) is 8.16. The van der Waals surface area contributed by atoms with Crippen molar-refractivity contribution in [2.45, 2.75) is 33.1 Å². The van der Waals surface area contributed by atoms with Gasteiger partial charge in [0.1, 0.15) is 11.5 Å². The summed E-state index contributed by atoms with van der Waals surface area (Å²) in [4.78, 5) is 21.3. The van der Waals surface area contributed by atoms with Crippen LogP contribution in [0, 0.1) is 11.8 Å². The van der Waals surface area contributed by atoms with Gasteiger partial charge in [-0.25, -0.2) is 4.98 Å². The Labute approximate surface area is 127 Å². The molecular formula is C17H25N3O. The summed E-state index contributed by atoms with van der Waals surface area (Å²) in [6, 6.07) is 5.85. The molecule has 4 heteroatoms. The van der Waals surface area contributed by atoms with Crippen LogP contribution in [-0.4, -0.2) is 42.0 Å². The van der Waals surface area contributed by atoms with Crippen LogP contribution in [0.25, 0.3) is 0 Å². The predicted molar refractivity (Wildman–Crippen MR) is 84.5 cm³/mol. The van der Waals surface area contributed by atoms with Crippen LogP contribution in [-0.2, 0) is 0 Å². The van der Waals surface area contributed by atoms with E-state index >= 15 is 0 Å². The van der Waals surface area contributed by atoms with Crippen molar-refractivity contribution in [2.75, 3.05) is 31.1 Å². The maximum Gasteiger partial charge on any atom is 0.272 e. The second kappa shape index (κ2) is 6.04. The number of anilines is 1. The van der Waals surface area contributed by atoms with E-state index in [0.29, 0.717) is 11.6 Å². The van der Waals surface area contributed by atoms with Crippen molar-refractivity contribution in [3.8, 4) is 0 Å². The first-order chi connectivity index (χ1) is 10.1. The average Bonchev–Trinajstić information content (AvgIpc) is 3.18. The normalized spacial score (nSPS) is 22.3. The number of pyridine rings is 1. The van der Waals surface area contributed by atoms with Crippen molar-refractivity contribution in [1.29, 1.82) is 0 Å². The minimum atomic E-state index is 0.0916. The summed E-state index contributed by atoms with van der Waals surface area (Å²) in [6.07, 6.45) is 3.46. The van der Waals surface area contributed by atoms with E-state index in [-0.39, 0.29) is 5.91 Å². The molecule has 0 spiro atoms. The monoisotopic (exact) mass is 287 g/mol. The lowest BCUT2D eigenvalue weighted by Gasteiger charge is -2.20. The second-order valence-corrected chi connectivity index (χ2v) is 6.62. The molecule has 4 nitrogen and oxygen atoms in total. The Hall–Kier alpha value is -1.58. The van der Waals surface area contributed by atoms with Gasteiger partial charge < -0.3 is 9.80 Å². The van der Waals surface area contributed by atoms with Crippen molar-refractivity contribution < 1.29 is 4.79 Å². The van der Waals surface area contributed by atoms with Crippen LogP contribution in [0.4, 0.5) is 5.82 Å². The summed E-state index contributed by atoms with van der Waals surface area (Å²) in [5.41, 5.74) is 0.599. The Balaban J connectivity index is 1.73. The maximum absolute atomic E-state index is 12.4. The SMILES string of the molecule is CC(C)C1CCN(c2cccc(C(=O)N3CCCC3)n2)C1. The molecule has 0 saturated carbocycles. The summed E-state index contributed by atoms with van der Waals surface area (Å²) >= 11 is 0. The lowest BCUT2D eigenvalue weighted by atomic mass is 9.95. The Kier molecular flexibility index (Phi) is 4.13. The van der Waals surface area contributed by atoms with E-state index in [1.165, 1.54) is 6.42 Å². The number of carbonyl (C=O) groups excluding carboxylic acids is 1. The number of hydrogen-bond donors (Lipinski definition) is 0. The van der Waals surface area contributed by atoms with E-state index in [2.05, 4.69) is 23.7 Å². The minimum absolute atomic E-state index is 0.0916. The largest absolute Gasteiger partial charge is 0.356 e. The number of hydrogen-bond acceptors (Lipinski definition) is 3. The topological polar surface area (TPSA) is 36.4 Å². The highest BCUT2D eigenvalue weighted by molar-refractivity contribution is 5.92. The zero-order valence-corrected chi connectivity index (χ0v) is 13.1. The highest BCUT2D eigenvalue weighted by Gasteiger charge is 2.27. The third kappa shape index (κ3) is 3.04. The molecule has 2 aliphatic rings. The van der Waals surface area contributed by atoms with Crippen LogP contribution >= 0.6 is 0 Å². The smallest absolute Gasteiger partial charge is 0.272 e. The Morgan fingerprint density at radius 2 is 2.00 bits per heavy atom. The predicted octanol–water partition coefficient (Wildman–Crippen LogP) is 2.80. The number of nitrogens with zero attached hydrogens (tertiary/aromatic N) is 3. The number of amides is 1. The molecule has 0 N–H and O–H groups in total. The van der Waals surface area contributed by atoms with Crippen LogP contribution in [0.3, 0.4) is 0 Å². The molecule has 1 aromatic heterocycles. The molecule has 1 unspecified atom stereocenters. The van der Waals surface area contributed by atoms with Crippen molar-refractivity contribution in [2.24, 2.45) is 11.8 Å². The Morgan fingerprint density at radius 3 is 2.67 bits per heavy atom. The van der Waals surface area contributed by atoms with Gasteiger partial charge in [-0.3, -0.25) is 4.79 Å². The molecule has 2 aliphatic heterocycles. The summed E-state index contributed by atoms with van der Waals surface area (Å²) in [6.45, 7) is 8.45. The zero-order chi connectivity index (χ0) is 14.8. The van der Waals surface area contributed by atoms with Crippen LogP contribution < -0.4 is 4.90 Å². The molecule has 1 aromatic rings. The quantitative estimate of drug-likeness (QED) is 0.857. The zero-order valence-electron chi connectivity index (χ0n) is 13.1. The van der Waals surface area contributed by atoms with E-state index in [1.54, 1.807) is 0 Å². The van der Waals surface area contributed by atoms with Crippen LogP contribution in [0.15, 0.2) is 18.2 Å². The fourth-order valence-corrected chi connectivity index (χ4v) is 3.34. The van der Waals surface area contributed by atoms with Gasteiger partial charge in [-0.15, -0.1) is 0 Å². The first kappa shape index (κ1) is 14.4. The summed E-state index contributed by atoms with van der Waals surface area (Å²) < 4.78 is 0. The molecule has 1 amide bonds.